The first-order valence-electron chi connectivity index (χ1n) is 5.29. The zero-order valence-corrected chi connectivity index (χ0v) is 12.6. The van der Waals surface area contributed by atoms with E-state index in [1.807, 2.05) is 24.3 Å². The van der Waals surface area contributed by atoms with Gasteiger partial charge in [-0.3, -0.25) is 4.79 Å². The number of amides is 1. The van der Waals surface area contributed by atoms with Crippen molar-refractivity contribution < 1.29 is 9.53 Å². The Balaban J connectivity index is 2.80. The lowest BCUT2D eigenvalue weighted by Gasteiger charge is -2.21. The van der Waals surface area contributed by atoms with Crippen LogP contribution in [-0.2, 0) is 4.74 Å². The van der Waals surface area contributed by atoms with E-state index in [2.05, 4.69) is 22.6 Å². The highest BCUT2D eigenvalue weighted by Gasteiger charge is 2.16. The minimum Gasteiger partial charge on any atom is -0.383 e. The third-order valence-corrected chi connectivity index (χ3v) is 3.42. The Morgan fingerprint density at radius 2 is 2.12 bits per heavy atom. The van der Waals surface area contributed by atoms with Crippen LogP contribution in [0.4, 0.5) is 0 Å². The van der Waals surface area contributed by atoms with Gasteiger partial charge in [-0.1, -0.05) is 12.1 Å². The van der Waals surface area contributed by atoms with E-state index in [0.29, 0.717) is 31.1 Å². The summed E-state index contributed by atoms with van der Waals surface area (Å²) in [4.78, 5) is 14.0. The minimum atomic E-state index is 0.00713. The van der Waals surface area contributed by atoms with Crippen molar-refractivity contribution in [3.05, 3.63) is 33.4 Å². The molecule has 0 atom stereocenters. The van der Waals surface area contributed by atoms with Gasteiger partial charge in [0.05, 0.1) is 12.2 Å². The van der Waals surface area contributed by atoms with Crippen LogP contribution in [0, 0.1) is 3.57 Å². The van der Waals surface area contributed by atoms with Gasteiger partial charge in [-0.25, -0.2) is 0 Å². The number of halogens is 2. The van der Waals surface area contributed by atoms with E-state index in [0.717, 1.165) is 3.57 Å². The summed E-state index contributed by atoms with van der Waals surface area (Å²) in [6.45, 7) is 1.62. The van der Waals surface area contributed by atoms with Crippen molar-refractivity contribution in [1.82, 2.24) is 4.90 Å². The van der Waals surface area contributed by atoms with E-state index in [9.17, 15) is 4.79 Å². The van der Waals surface area contributed by atoms with Crippen LogP contribution in [0.25, 0.3) is 0 Å². The van der Waals surface area contributed by atoms with E-state index in [1.54, 1.807) is 12.0 Å². The summed E-state index contributed by atoms with van der Waals surface area (Å²) < 4.78 is 5.95. The summed E-state index contributed by atoms with van der Waals surface area (Å²) in [5, 5.41) is 0. The number of hydrogen-bond acceptors (Lipinski definition) is 2. The standard InChI is InChI=1S/C12H15ClINO2/c1-17-9-8-15(7-6-13)12(16)10-4-2-3-5-11(10)14/h2-5H,6-9H2,1H3. The van der Waals surface area contributed by atoms with Gasteiger partial charge < -0.3 is 9.64 Å². The molecule has 0 unspecified atom stereocenters. The molecule has 0 saturated heterocycles. The molecule has 17 heavy (non-hydrogen) atoms. The first kappa shape index (κ1) is 14.7. The van der Waals surface area contributed by atoms with Crippen LogP contribution < -0.4 is 0 Å². The molecule has 0 aromatic heterocycles. The monoisotopic (exact) mass is 367 g/mol. The third kappa shape index (κ3) is 4.44. The molecule has 0 spiro atoms. The lowest BCUT2D eigenvalue weighted by molar-refractivity contribution is 0.0707. The predicted molar refractivity (Wildman–Crippen MR) is 77.7 cm³/mol. The van der Waals surface area contributed by atoms with E-state index in [1.165, 1.54) is 0 Å². The summed E-state index contributed by atoms with van der Waals surface area (Å²) in [6, 6.07) is 7.53. The molecule has 0 aliphatic rings. The molecule has 0 fully saturated rings. The molecule has 0 bridgehead atoms. The van der Waals surface area contributed by atoms with Gasteiger partial charge >= 0.3 is 0 Å². The molecule has 0 aliphatic heterocycles. The summed E-state index contributed by atoms with van der Waals surface area (Å²) in [5.74, 6) is 0.437. The maximum Gasteiger partial charge on any atom is 0.255 e. The minimum absolute atomic E-state index is 0.00713. The zero-order chi connectivity index (χ0) is 12.7. The molecule has 5 heteroatoms. The Bertz CT molecular complexity index is 373. The highest BCUT2D eigenvalue weighted by molar-refractivity contribution is 14.1. The number of rotatable bonds is 6. The second-order valence-corrected chi connectivity index (χ2v) is 4.99. The SMILES string of the molecule is COCCN(CCCl)C(=O)c1ccccc1I. The summed E-state index contributed by atoms with van der Waals surface area (Å²) in [6.07, 6.45) is 0. The number of nitrogens with zero attached hydrogens (tertiary/aromatic N) is 1. The summed E-state index contributed by atoms with van der Waals surface area (Å²) in [7, 11) is 1.62. The van der Waals surface area contributed by atoms with Crippen molar-refractivity contribution in [1.29, 1.82) is 0 Å². The fraction of sp³-hybridized carbons (Fsp3) is 0.417. The van der Waals surface area contributed by atoms with Gasteiger partial charge in [0.25, 0.3) is 5.91 Å². The Morgan fingerprint density at radius 1 is 1.41 bits per heavy atom. The van der Waals surface area contributed by atoms with Crippen molar-refractivity contribution in [2.24, 2.45) is 0 Å². The van der Waals surface area contributed by atoms with Gasteiger partial charge in [0, 0.05) is 29.6 Å². The largest absolute Gasteiger partial charge is 0.383 e. The Labute approximate surface area is 120 Å². The zero-order valence-electron chi connectivity index (χ0n) is 9.66. The van der Waals surface area contributed by atoms with E-state index >= 15 is 0 Å². The summed E-state index contributed by atoms with van der Waals surface area (Å²) in [5.41, 5.74) is 0.717. The number of ether oxygens (including phenoxy) is 1. The Hall–Kier alpha value is -0.330. The molecule has 1 rings (SSSR count). The highest BCUT2D eigenvalue weighted by Crippen LogP contribution is 2.14. The second kappa shape index (κ2) is 7.89. The summed E-state index contributed by atoms with van der Waals surface area (Å²) >= 11 is 7.87. The van der Waals surface area contributed by atoms with Crippen LogP contribution in [0.1, 0.15) is 10.4 Å². The highest BCUT2D eigenvalue weighted by atomic mass is 127. The van der Waals surface area contributed by atoms with E-state index in [4.69, 9.17) is 16.3 Å². The normalized spacial score (nSPS) is 10.3. The molecule has 0 N–H and O–H groups in total. The van der Waals surface area contributed by atoms with Crippen molar-refractivity contribution in [2.45, 2.75) is 0 Å². The number of alkyl halides is 1. The quantitative estimate of drug-likeness (QED) is 0.571. The number of carbonyl (C=O) groups is 1. The van der Waals surface area contributed by atoms with Crippen LogP contribution in [0.3, 0.4) is 0 Å². The molecular weight excluding hydrogens is 352 g/mol. The lowest BCUT2D eigenvalue weighted by atomic mass is 10.2. The number of hydrogen-bond donors (Lipinski definition) is 0. The van der Waals surface area contributed by atoms with E-state index < -0.39 is 0 Å². The average molecular weight is 368 g/mol. The molecular formula is C12H15ClINO2. The molecule has 0 radical (unpaired) electrons. The molecule has 94 valence electrons. The van der Waals surface area contributed by atoms with Crippen molar-refractivity contribution in [2.75, 3.05) is 32.7 Å². The van der Waals surface area contributed by atoms with Crippen LogP contribution in [0.2, 0.25) is 0 Å². The van der Waals surface area contributed by atoms with Crippen LogP contribution in [-0.4, -0.2) is 43.5 Å². The van der Waals surface area contributed by atoms with Gasteiger partial charge in [0.15, 0.2) is 0 Å². The topological polar surface area (TPSA) is 29.5 Å². The molecule has 0 aliphatic carbocycles. The fourth-order valence-electron chi connectivity index (χ4n) is 1.42. The van der Waals surface area contributed by atoms with Gasteiger partial charge in [-0.2, -0.15) is 0 Å². The Kier molecular flexibility index (Phi) is 6.84. The predicted octanol–water partition coefficient (Wildman–Crippen LogP) is 2.62. The fourth-order valence-corrected chi connectivity index (χ4v) is 2.25. The van der Waals surface area contributed by atoms with Crippen molar-refractivity contribution >= 4 is 40.1 Å². The van der Waals surface area contributed by atoms with Crippen LogP contribution in [0.5, 0.6) is 0 Å². The number of carbonyl (C=O) groups excluding carboxylic acids is 1. The average Bonchev–Trinajstić information content (AvgIpc) is 2.34. The van der Waals surface area contributed by atoms with E-state index in [-0.39, 0.29) is 5.91 Å². The molecule has 1 amide bonds. The van der Waals surface area contributed by atoms with Gasteiger partial charge in [-0.05, 0) is 34.7 Å². The van der Waals surface area contributed by atoms with Gasteiger partial charge in [-0.15, -0.1) is 11.6 Å². The van der Waals surface area contributed by atoms with Crippen molar-refractivity contribution in [3.63, 3.8) is 0 Å². The van der Waals surface area contributed by atoms with Crippen LogP contribution >= 0.6 is 34.2 Å². The van der Waals surface area contributed by atoms with Crippen LogP contribution in [0.15, 0.2) is 24.3 Å². The maximum absolute atomic E-state index is 12.3. The molecule has 0 saturated carbocycles. The first-order valence-corrected chi connectivity index (χ1v) is 6.90. The molecule has 0 heterocycles. The Morgan fingerprint density at radius 3 is 2.71 bits per heavy atom. The first-order chi connectivity index (χ1) is 8.20. The van der Waals surface area contributed by atoms with Crippen molar-refractivity contribution in [3.8, 4) is 0 Å². The van der Waals surface area contributed by atoms with Gasteiger partial charge in [0.2, 0.25) is 0 Å². The maximum atomic E-state index is 12.3. The second-order valence-electron chi connectivity index (χ2n) is 3.45. The number of benzene rings is 1. The number of methoxy groups -OCH3 is 1. The lowest BCUT2D eigenvalue weighted by Crippen LogP contribution is -2.35. The van der Waals surface area contributed by atoms with Gasteiger partial charge in [0.1, 0.15) is 0 Å². The third-order valence-electron chi connectivity index (χ3n) is 2.31. The molecule has 1 aromatic rings. The smallest absolute Gasteiger partial charge is 0.255 e. The molecule has 1 aromatic carbocycles. The molecule has 3 nitrogen and oxygen atoms in total.